The van der Waals surface area contributed by atoms with Crippen LogP contribution in [0.25, 0.3) is 0 Å². The smallest absolute Gasteiger partial charge is 0.104 e. The molecule has 0 bridgehead atoms. The van der Waals surface area contributed by atoms with E-state index in [1.54, 1.807) is 0 Å². The van der Waals surface area contributed by atoms with Crippen molar-refractivity contribution in [1.82, 2.24) is 4.90 Å². The Kier molecular flexibility index (Phi) is 6.63. The minimum atomic E-state index is -0.0141. The zero-order valence-corrected chi connectivity index (χ0v) is 15.1. The number of fused-ring (bicyclic) bond motifs is 1. The molecule has 0 saturated carbocycles. The Morgan fingerprint density at radius 3 is 2.39 bits per heavy atom. The largest absolute Gasteiger partial charge is 0.412 e. The number of nitrogens with zero attached hydrogens (tertiary/aromatic N) is 2. The molecule has 0 aromatic heterocycles. The highest BCUT2D eigenvalue weighted by atomic mass is 35.5. The van der Waals surface area contributed by atoms with E-state index >= 15 is 0 Å². The van der Waals surface area contributed by atoms with Gasteiger partial charge >= 0.3 is 0 Å². The molecule has 1 heterocycles. The maximum absolute atomic E-state index is 6.54. The van der Waals surface area contributed by atoms with Gasteiger partial charge in [0, 0.05) is 25.5 Å². The molecule has 1 atom stereocenters. The first kappa shape index (κ1) is 19.5. The Labute approximate surface area is 148 Å². The van der Waals surface area contributed by atoms with Gasteiger partial charge < -0.3 is 10.4 Å². The number of aryl methyl sites for hydroxylation is 1. The van der Waals surface area contributed by atoms with E-state index in [-0.39, 0.29) is 23.9 Å². The number of rotatable bonds is 1. The summed E-state index contributed by atoms with van der Waals surface area (Å²) in [5.74, 6) is 1.09. The molecule has 0 saturated heterocycles. The van der Waals surface area contributed by atoms with Crippen LogP contribution in [0.4, 0.5) is 0 Å². The fourth-order valence-electron chi connectivity index (χ4n) is 2.79. The number of hydrogen-bond acceptors (Lipinski definition) is 2. The van der Waals surface area contributed by atoms with Gasteiger partial charge in [0.15, 0.2) is 0 Å². The average Bonchev–Trinajstić information content (AvgIpc) is 2.49. The Hall–Kier alpha value is -1.55. The maximum Gasteiger partial charge on any atom is 0.104 e. The molecular formula is C18H22Cl2N2O. The van der Waals surface area contributed by atoms with Crippen LogP contribution >= 0.6 is 24.0 Å². The summed E-state index contributed by atoms with van der Waals surface area (Å²) in [4.78, 5) is 7.04. The summed E-state index contributed by atoms with van der Waals surface area (Å²) in [6, 6.07) is 14.7. The Bertz CT molecular complexity index is 714. The lowest BCUT2D eigenvalue weighted by atomic mass is 9.90. The predicted molar refractivity (Wildman–Crippen MR) is 100 cm³/mol. The monoisotopic (exact) mass is 352 g/mol. The lowest BCUT2D eigenvalue weighted by molar-refractivity contribution is 0.592. The van der Waals surface area contributed by atoms with Crippen LogP contribution in [-0.4, -0.2) is 30.3 Å². The summed E-state index contributed by atoms with van der Waals surface area (Å²) >= 11 is 6.54. The maximum atomic E-state index is 6.54. The van der Waals surface area contributed by atoms with Crippen molar-refractivity contribution in [3.8, 4) is 0 Å². The van der Waals surface area contributed by atoms with Crippen LogP contribution in [0.15, 0.2) is 47.5 Å². The normalized spacial score (nSPS) is 15.7. The van der Waals surface area contributed by atoms with E-state index in [9.17, 15) is 0 Å². The van der Waals surface area contributed by atoms with Gasteiger partial charge in [0.05, 0.1) is 0 Å². The molecule has 124 valence electrons. The van der Waals surface area contributed by atoms with Crippen molar-refractivity contribution in [2.45, 2.75) is 19.4 Å². The first-order valence-electron chi connectivity index (χ1n) is 7.14. The molecule has 2 N–H and O–H groups in total. The number of hydrogen-bond donors (Lipinski definition) is 0. The minimum absolute atomic E-state index is 0. The second kappa shape index (κ2) is 7.82. The predicted octanol–water partition coefficient (Wildman–Crippen LogP) is 3.85. The van der Waals surface area contributed by atoms with Crippen LogP contribution in [0, 0.1) is 6.92 Å². The molecule has 23 heavy (non-hydrogen) atoms. The van der Waals surface area contributed by atoms with E-state index in [2.05, 4.69) is 41.3 Å². The first-order valence-corrected chi connectivity index (χ1v) is 7.52. The molecule has 2 aromatic carbocycles. The van der Waals surface area contributed by atoms with E-state index in [1.807, 2.05) is 27.1 Å². The van der Waals surface area contributed by atoms with Crippen molar-refractivity contribution in [2.24, 2.45) is 4.99 Å². The van der Waals surface area contributed by atoms with E-state index < -0.39 is 0 Å². The molecular weight excluding hydrogens is 331 g/mol. The van der Waals surface area contributed by atoms with Gasteiger partial charge in [0.25, 0.3) is 0 Å². The van der Waals surface area contributed by atoms with Gasteiger partial charge in [-0.15, -0.1) is 12.4 Å². The molecule has 3 rings (SSSR count). The van der Waals surface area contributed by atoms with Crippen LogP contribution in [0.1, 0.15) is 28.3 Å². The van der Waals surface area contributed by atoms with Crippen molar-refractivity contribution in [1.29, 1.82) is 0 Å². The van der Waals surface area contributed by atoms with Gasteiger partial charge in [0.1, 0.15) is 11.9 Å². The topological polar surface area (TPSA) is 47.1 Å². The fraction of sp³-hybridized carbons (Fsp3) is 0.278. The molecule has 0 radical (unpaired) electrons. The number of likely N-dealkylation sites (N-methyl/N-ethyl adjacent to an activating group) is 1. The fourth-order valence-corrected chi connectivity index (χ4v) is 3.02. The quantitative estimate of drug-likeness (QED) is 0.768. The third-order valence-electron chi connectivity index (χ3n) is 4.01. The highest BCUT2D eigenvalue weighted by Gasteiger charge is 2.25. The van der Waals surface area contributed by atoms with Crippen LogP contribution in [0.5, 0.6) is 0 Å². The lowest BCUT2D eigenvalue weighted by Gasteiger charge is -2.28. The summed E-state index contributed by atoms with van der Waals surface area (Å²) in [6.07, 6.45) is 0.878. The summed E-state index contributed by atoms with van der Waals surface area (Å²) in [6.45, 7) is 2.04. The lowest BCUT2D eigenvalue weighted by Crippen LogP contribution is -2.28. The minimum Gasteiger partial charge on any atom is -0.412 e. The van der Waals surface area contributed by atoms with Crippen LogP contribution in [0.2, 0.25) is 5.02 Å². The molecule has 0 fully saturated rings. The summed E-state index contributed by atoms with van der Waals surface area (Å²) < 4.78 is 0. The van der Waals surface area contributed by atoms with E-state index in [4.69, 9.17) is 16.6 Å². The molecule has 3 nitrogen and oxygen atoms in total. The van der Waals surface area contributed by atoms with Gasteiger partial charge in [-0.25, -0.2) is 0 Å². The van der Waals surface area contributed by atoms with E-state index in [0.717, 1.165) is 28.4 Å². The molecule has 1 unspecified atom stereocenters. The molecule has 1 aliphatic heterocycles. The standard InChI is InChI=1S/C18H19ClN2.ClH.H2O/c1-12-7-6-10-15(17(12)19)18-14-9-5-4-8-13(14)11-16(20-18)21(2)3;;/h4-10,18H,11H2,1-3H3;1H;1H2. The van der Waals surface area contributed by atoms with Crippen LogP contribution in [-0.2, 0) is 6.42 Å². The Morgan fingerprint density at radius 1 is 1.04 bits per heavy atom. The van der Waals surface area contributed by atoms with Crippen molar-refractivity contribution in [3.05, 3.63) is 69.7 Å². The summed E-state index contributed by atoms with van der Waals surface area (Å²) in [7, 11) is 4.09. The molecule has 0 spiro atoms. The zero-order chi connectivity index (χ0) is 15.0. The molecule has 2 aromatic rings. The van der Waals surface area contributed by atoms with Gasteiger partial charge in [-0.05, 0) is 29.2 Å². The Morgan fingerprint density at radius 2 is 1.70 bits per heavy atom. The highest BCUT2D eigenvalue weighted by molar-refractivity contribution is 6.32. The summed E-state index contributed by atoms with van der Waals surface area (Å²) in [5, 5.41) is 0.820. The molecule has 0 aliphatic carbocycles. The van der Waals surface area contributed by atoms with Crippen LogP contribution < -0.4 is 0 Å². The molecule has 0 amide bonds. The van der Waals surface area contributed by atoms with Crippen molar-refractivity contribution >= 4 is 29.8 Å². The van der Waals surface area contributed by atoms with E-state index in [1.165, 1.54) is 11.1 Å². The SMILES string of the molecule is Cc1cccc(C2N=C(N(C)C)Cc3ccccc32)c1Cl.Cl.O. The van der Waals surface area contributed by atoms with Crippen molar-refractivity contribution < 1.29 is 5.48 Å². The zero-order valence-electron chi connectivity index (χ0n) is 13.5. The Balaban J connectivity index is 0.00000132. The number of halogens is 2. The van der Waals surface area contributed by atoms with Gasteiger partial charge in [0.2, 0.25) is 0 Å². The van der Waals surface area contributed by atoms with E-state index in [0.29, 0.717) is 0 Å². The average molecular weight is 353 g/mol. The van der Waals surface area contributed by atoms with Crippen LogP contribution in [0.3, 0.4) is 0 Å². The number of benzene rings is 2. The van der Waals surface area contributed by atoms with Gasteiger partial charge in [-0.2, -0.15) is 0 Å². The van der Waals surface area contributed by atoms with Gasteiger partial charge in [-0.3, -0.25) is 4.99 Å². The number of aliphatic imine (C=N–C) groups is 1. The summed E-state index contributed by atoms with van der Waals surface area (Å²) in [5.41, 5.74) is 4.77. The first-order chi connectivity index (χ1) is 10.1. The molecule has 1 aliphatic rings. The third kappa shape index (κ3) is 3.69. The third-order valence-corrected chi connectivity index (χ3v) is 4.53. The van der Waals surface area contributed by atoms with Crippen molar-refractivity contribution in [3.63, 3.8) is 0 Å². The van der Waals surface area contributed by atoms with Crippen molar-refractivity contribution in [2.75, 3.05) is 14.1 Å². The number of amidine groups is 1. The molecule has 5 heteroatoms. The second-order valence-electron chi connectivity index (χ2n) is 5.70. The van der Waals surface area contributed by atoms with Gasteiger partial charge in [-0.1, -0.05) is 54.1 Å². The second-order valence-corrected chi connectivity index (χ2v) is 6.07. The highest BCUT2D eigenvalue weighted by Crippen LogP contribution is 2.37.